The average molecular weight is 194 g/mol. The van der Waals surface area contributed by atoms with Crippen molar-refractivity contribution in [2.75, 3.05) is 37.9 Å². The molecule has 0 fully saturated rings. The van der Waals surface area contributed by atoms with Crippen LogP contribution in [0.1, 0.15) is 0 Å². The second-order valence-electron chi connectivity index (χ2n) is 3.07. The van der Waals surface area contributed by atoms with Gasteiger partial charge in [-0.2, -0.15) is 0 Å². The fourth-order valence-corrected chi connectivity index (χ4v) is 1.63. The Bertz CT molecular complexity index is 306. The van der Waals surface area contributed by atoms with E-state index in [1.165, 1.54) is 0 Å². The van der Waals surface area contributed by atoms with Gasteiger partial charge in [0.05, 0.1) is 14.2 Å². The van der Waals surface area contributed by atoms with Crippen molar-refractivity contribution in [3.63, 3.8) is 0 Å². The highest BCUT2D eigenvalue weighted by molar-refractivity contribution is 5.82. The molecule has 0 radical (unpaired) electrons. The van der Waals surface area contributed by atoms with Crippen LogP contribution in [-0.2, 0) is 0 Å². The Balaban J connectivity index is 2.50. The number of hydrogen-bond donors (Lipinski definition) is 2. The Morgan fingerprint density at radius 1 is 0.929 bits per heavy atom. The number of rotatable bonds is 2. The maximum Gasteiger partial charge on any atom is 0.144 e. The van der Waals surface area contributed by atoms with Crippen molar-refractivity contribution >= 4 is 11.4 Å². The number of benzene rings is 1. The van der Waals surface area contributed by atoms with Crippen LogP contribution in [0.5, 0.6) is 11.5 Å². The molecule has 0 bridgehead atoms. The topological polar surface area (TPSA) is 42.5 Å². The third kappa shape index (κ3) is 1.32. The first kappa shape index (κ1) is 8.99. The van der Waals surface area contributed by atoms with Crippen LogP contribution in [0, 0.1) is 0 Å². The van der Waals surface area contributed by atoms with Gasteiger partial charge < -0.3 is 20.1 Å². The van der Waals surface area contributed by atoms with Crippen LogP contribution in [0.25, 0.3) is 0 Å². The number of fused-ring (bicyclic) bond motifs is 1. The minimum Gasteiger partial charge on any atom is -0.495 e. The van der Waals surface area contributed by atoms with E-state index in [1.54, 1.807) is 14.2 Å². The molecule has 1 heterocycles. The van der Waals surface area contributed by atoms with Gasteiger partial charge in [-0.3, -0.25) is 0 Å². The van der Waals surface area contributed by atoms with Crippen LogP contribution >= 0.6 is 0 Å². The first-order valence-corrected chi connectivity index (χ1v) is 4.59. The van der Waals surface area contributed by atoms with Gasteiger partial charge in [-0.1, -0.05) is 0 Å². The van der Waals surface area contributed by atoms with Crippen LogP contribution in [0.2, 0.25) is 0 Å². The number of anilines is 2. The van der Waals surface area contributed by atoms with Gasteiger partial charge >= 0.3 is 0 Å². The minimum absolute atomic E-state index is 0.841. The van der Waals surface area contributed by atoms with E-state index < -0.39 is 0 Å². The third-order valence-corrected chi connectivity index (χ3v) is 2.30. The van der Waals surface area contributed by atoms with Crippen molar-refractivity contribution in [2.24, 2.45) is 0 Å². The zero-order valence-electron chi connectivity index (χ0n) is 8.39. The van der Waals surface area contributed by atoms with Crippen LogP contribution in [0.15, 0.2) is 12.1 Å². The quantitative estimate of drug-likeness (QED) is 0.749. The number of nitrogens with one attached hydrogen (secondary N) is 2. The molecule has 76 valence electrons. The molecule has 0 atom stereocenters. The molecule has 0 unspecified atom stereocenters. The lowest BCUT2D eigenvalue weighted by atomic mass is 10.2. The lowest BCUT2D eigenvalue weighted by molar-refractivity contribution is 0.405. The predicted molar refractivity (Wildman–Crippen MR) is 56.5 cm³/mol. The lowest BCUT2D eigenvalue weighted by Crippen LogP contribution is -2.21. The minimum atomic E-state index is 0.841. The highest BCUT2D eigenvalue weighted by Gasteiger charge is 2.17. The van der Waals surface area contributed by atoms with Gasteiger partial charge in [-0.05, 0) is 12.1 Å². The highest BCUT2D eigenvalue weighted by atomic mass is 16.5. The standard InChI is InChI=1S/C10H14N2O2/c1-13-7-3-4-8(14-2)10-9(7)11-5-6-12-10/h3-4,11-12H,5-6H2,1-2H3. The van der Waals surface area contributed by atoms with Crippen LogP contribution in [-0.4, -0.2) is 27.3 Å². The van der Waals surface area contributed by atoms with Gasteiger partial charge in [0.15, 0.2) is 0 Å². The summed E-state index contributed by atoms with van der Waals surface area (Å²) in [7, 11) is 3.33. The molecule has 1 aromatic carbocycles. The molecular weight excluding hydrogens is 180 g/mol. The molecule has 0 saturated heterocycles. The van der Waals surface area contributed by atoms with E-state index in [1.807, 2.05) is 12.1 Å². The van der Waals surface area contributed by atoms with Crippen molar-refractivity contribution in [3.8, 4) is 11.5 Å². The molecule has 2 rings (SSSR count). The van der Waals surface area contributed by atoms with Crippen LogP contribution < -0.4 is 20.1 Å². The van der Waals surface area contributed by atoms with Crippen molar-refractivity contribution < 1.29 is 9.47 Å². The molecule has 0 aromatic heterocycles. The summed E-state index contributed by atoms with van der Waals surface area (Å²) < 4.78 is 10.5. The summed E-state index contributed by atoms with van der Waals surface area (Å²) in [5, 5.41) is 6.58. The van der Waals surface area contributed by atoms with Crippen molar-refractivity contribution in [3.05, 3.63) is 12.1 Å². The summed E-state index contributed by atoms with van der Waals surface area (Å²) in [6.07, 6.45) is 0. The third-order valence-electron chi connectivity index (χ3n) is 2.30. The molecule has 4 heteroatoms. The second-order valence-corrected chi connectivity index (χ2v) is 3.07. The predicted octanol–water partition coefficient (Wildman–Crippen LogP) is 1.54. The van der Waals surface area contributed by atoms with Gasteiger partial charge in [-0.15, -0.1) is 0 Å². The molecule has 0 spiro atoms. The van der Waals surface area contributed by atoms with E-state index in [-0.39, 0.29) is 0 Å². The summed E-state index contributed by atoms with van der Waals surface area (Å²) in [6.45, 7) is 1.80. The van der Waals surface area contributed by atoms with E-state index in [9.17, 15) is 0 Å². The monoisotopic (exact) mass is 194 g/mol. The Morgan fingerprint density at radius 2 is 1.36 bits per heavy atom. The summed E-state index contributed by atoms with van der Waals surface area (Å²) in [4.78, 5) is 0. The van der Waals surface area contributed by atoms with Gasteiger partial charge in [0, 0.05) is 13.1 Å². The zero-order valence-corrected chi connectivity index (χ0v) is 8.39. The van der Waals surface area contributed by atoms with Crippen LogP contribution in [0.3, 0.4) is 0 Å². The number of hydrogen-bond acceptors (Lipinski definition) is 4. The second kappa shape index (κ2) is 3.65. The molecule has 1 aliphatic heterocycles. The fraction of sp³-hybridized carbons (Fsp3) is 0.400. The molecule has 1 aliphatic rings. The first-order valence-electron chi connectivity index (χ1n) is 4.59. The molecule has 1 aromatic rings. The molecule has 14 heavy (non-hydrogen) atoms. The molecule has 2 N–H and O–H groups in total. The van der Waals surface area contributed by atoms with Gasteiger partial charge in [0.1, 0.15) is 22.9 Å². The Kier molecular flexibility index (Phi) is 2.35. The average Bonchev–Trinajstić information content (AvgIpc) is 2.27. The summed E-state index contributed by atoms with van der Waals surface area (Å²) >= 11 is 0. The SMILES string of the molecule is COc1ccc(OC)c2c1NCCN2. The lowest BCUT2D eigenvalue weighted by Gasteiger charge is -2.23. The Morgan fingerprint density at radius 3 is 1.71 bits per heavy atom. The number of ether oxygens (including phenoxy) is 2. The Hall–Kier alpha value is -1.58. The van der Waals surface area contributed by atoms with E-state index in [0.29, 0.717) is 0 Å². The van der Waals surface area contributed by atoms with Gasteiger partial charge in [0.25, 0.3) is 0 Å². The van der Waals surface area contributed by atoms with Crippen LogP contribution in [0.4, 0.5) is 11.4 Å². The van der Waals surface area contributed by atoms with E-state index >= 15 is 0 Å². The van der Waals surface area contributed by atoms with Crippen molar-refractivity contribution in [1.82, 2.24) is 0 Å². The molecular formula is C10H14N2O2. The maximum atomic E-state index is 5.25. The van der Waals surface area contributed by atoms with Gasteiger partial charge in [-0.25, -0.2) is 0 Å². The highest BCUT2D eigenvalue weighted by Crippen LogP contribution is 2.41. The largest absolute Gasteiger partial charge is 0.495 e. The molecule has 0 saturated carbocycles. The smallest absolute Gasteiger partial charge is 0.144 e. The Labute approximate surface area is 83.2 Å². The summed E-state index contributed by atoms with van der Waals surface area (Å²) in [5.41, 5.74) is 1.97. The molecule has 0 aliphatic carbocycles. The summed E-state index contributed by atoms with van der Waals surface area (Å²) in [6, 6.07) is 3.80. The number of methoxy groups -OCH3 is 2. The van der Waals surface area contributed by atoms with Crippen molar-refractivity contribution in [2.45, 2.75) is 0 Å². The maximum absolute atomic E-state index is 5.25. The van der Waals surface area contributed by atoms with E-state index in [4.69, 9.17) is 9.47 Å². The summed E-state index contributed by atoms with van der Waals surface area (Å²) in [5.74, 6) is 1.68. The molecule has 0 amide bonds. The zero-order chi connectivity index (χ0) is 9.97. The van der Waals surface area contributed by atoms with E-state index in [0.717, 1.165) is 36.0 Å². The first-order chi connectivity index (χ1) is 6.86. The normalized spacial score (nSPS) is 13.6. The molecule has 4 nitrogen and oxygen atoms in total. The fourth-order valence-electron chi connectivity index (χ4n) is 1.63. The van der Waals surface area contributed by atoms with Crippen molar-refractivity contribution in [1.29, 1.82) is 0 Å². The van der Waals surface area contributed by atoms with E-state index in [2.05, 4.69) is 10.6 Å². The van der Waals surface area contributed by atoms with Gasteiger partial charge in [0.2, 0.25) is 0 Å².